The van der Waals surface area contributed by atoms with Crippen LogP contribution in [-0.2, 0) is 0 Å². The molecule has 0 fully saturated rings. The molecule has 21 heavy (non-hydrogen) atoms. The lowest BCUT2D eigenvalue weighted by Gasteiger charge is -1.93. The molecule has 0 atom stereocenters. The van der Waals surface area contributed by atoms with E-state index in [4.69, 9.17) is 0 Å². The Hall–Kier alpha value is -2.74. The van der Waals surface area contributed by atoms with Crippen LogP contribution in [0.1, 0.15) is 6.42 Å². The molecule has 0 spiro atoms. The van der Waals surface area contributed by atoms with Crippen LogP contribution in [0.4, 0.5) is 11.4 Å². The minimum absolute atomic E-state index is 0.909. The average Bonchev–Trinajstić information content (AvgIpc) is 3.01. The summed E-state index contributed by atoms with van der Waals surface area (Å²) < 4.78 is 0. The number of benzene rings is 2. The summed E-state index contributed by atoms with van der Waals surface area (Å²) in [6.45, 7) is 0. The van der Waals surface area contributed by atoms with Gasteiger partial charge in [-0.05, 0) is 47.9 Å². The maximum atomic E-state index is 4.47. The standard InChI is InChI=1S/C19H16N2/c1-3-7-18(8-4-1)20-14-16-11-12-17(13-16)15-21-19-9-5-2-6-10-19/h1-11,13-15H,12H2. The summed E-state index contributed by atoms with van der Waals surface area (Å²) in [5.74, 6) is 0. The van der Waals surface area contributed by atoms with Crippen LogP contribution in [0.5, 0.6) is 0 Å². The number of nitrogens with zero attached hydrogens (tertiary/aromatic N) is 2. The Labute approximate surface area is 124 Å². The number of aliphatic imine (C=N–C) groups is 2. The molecule has 0 aliphatic heterocycles. The summed E-state index contributed by atoms with van der Waals surface area (Å²) in [5, 5.41) is 0. The molecule has 1 aliphatic rings. The van der Waals surface area contributed by atoms with Crippen molar-refractivity contribution in [3.63, 3.8) is 0 Å². The molecular formula is C19H16N2. The molecule has 2 aromatic carbocycles. The van der Waals surface area contributed by atoms with Gasteiger partial charge in [0.1, 0.15) is 0 Å². The molecule has 0 amide bonds. The second-order valence-electron chi connectivity index (χ2n) is 4.81. The summed E-state index contributed by atoms with van der Waals surface area (Å²) in [7, 11) is 0. The Balaban J connectivity index is 1.64. The second kappa shape index (κ2) is 6.62. The van der Waals surface area contributed by atoms with Crippen molar-refractivity contribution < 1.29 is 0 Å². The zero-order valence-electron chi connectivity index (χ0n) is 11.7. The number of hydrogen-bond acceptors (Lipinski definition) is 2. The molecule has 0 saturated heterocycles. The van der Waals surface area contributed by atoms with Gasteiger partial charge >= 0.3 is 0 Å². The number of allylic oxidation sites excluding steroid dienone is 4. The van der Waals surface area contributed by atoms with Crippen molar-refractivity contribution in [3.8, 4) is 0 Å². The third-order valence-corrected chi connectivity index (χ3v) is 3.18. The molecule has 2 nitrogen and oxygen atoms in total. The van der Waals surface area contributed by atoms with Crippen LogP contribution in [0.15, 0.2) is 93.9 Å². The van der Waals surface area contributed by atoms with Crippen molar-refractivity contribution in [1.29, 1.82) is 0 Å². The van der Waals surface area contributed by atoms with Gasteiger partial charge in [-0.2, -0.15) is 0 Å². The molecule has 1 aliphatic carbocycles. The lowest BCUT2D eigenvalue weighted by atomic mass is 10.2. The van der Waals surface area contributed by atoms with Crippen LogP contribution in [0.25, 0.3) is 0 Å². The molecule has 2 heteroatoms. The summed E-state index contributed by atoms with van der Waals surface area (Å²) in [6, 6.07) is 19.9. The van der Waals surface area contributed by atoms with E-state index in [1.807, 2.05) is 73.1 Å². The Morgan fingerprint density at radius 2 is 1.29 bits per heavy atom. The van der Waals surface area contributed by atoms with Crippen LogP contribution in [0.2, 0.25) is 0 Å². The summed E-state index contributed by atoms with van der Waals surface area (Å²) in [6.07, 6.45) is 9.03. The quantitative estimate of drug-likeness (QED) is 0.696. The van der Waals surface area contributed by atoms with Crippen molar-refractivity contribution in [3.05, 3.63) is 84.0 Å². The van der Waals surface area contributed by atoms with E-state index in [9.17, 15) is 0 Å². The maximum Gasteiger partial charge on any atom is 0.0629 e. The second-order valence-corrected chi connectivity index (χ2v) is 4.81. The first-order valence-electron chi connectivity index (χ1n) is 6.99. The molecule has 0 unspecified atom stereocenters. The van der Waals surface area contributed by atoms with E-state index >= 15 is 0 Å². The van der Waals surface area contributed by atoms with Crippen molar-refractivity contribution in [2.75, 3.05) is 0 Å². The number of para-hydroxylation sites is 2. The Bertz CT molecular complexity index is 708. The van der Waals surface area contributed by atoms with Gasteiger partial charge in [-0.25, -0.2) is 0 Å². The van der Waals surface area contributed by atoms with E-state index in [-0.39, 0.29) is 0 Å². The van der Waals surface area contributed by atoms with Crippen LogP contribution in [-0.4, -0.2) is 12.4 Å². The first-order chi connectivity index (χ1) is 10.4. The molecule has 3 rings (SSSR count). The van der Waals surface area contributed by atoms with Gasteiger partial charge in [-0.15, -0.1) is 0 Å². The first kappa shape index (κ1) is 13.3. The normalized spacial score (nSPS) is 14.7. The molecule has 0 bridgehead atoms. The van der Waals surface area contributed by atoms with E-state index in [0.29, 0.717) is 0 Å². The van der Waals surface area contributed by atoms with Gasteiger partial charge in [0.05, 0.1) is 11.4 Å². The zero-order valence-corrected chi connectivity index (χ0v) is 11.7. The highest BCUT2D eigenvalue weighted by Crippen LogP contribution is 2.18. The fourth-order valence-electron chi connectivity index (χ4n) is 2.08. The molecule has 102 valence electrons. The lowest BCUT2D eigenvalue weighted by Crippen LogP contribution is -1.79. The summed E-state index contributed by atoms with van der Waals surface area (Å²) in [5.41, 5.74) is 4.28. The average molecular weight is 272 g/mol. The van der Waals surface area contributed by atoms with Gasteiger partial charge in [0.15, 0.2) is 0 Å². The third kappa shape index (κ3) is 3.86. The third-order valence-electron chi connectivity index (χ3n) is 3.18. The number of rotatable bonds is 4. The Morgan fingerprint density at radius 1 is 0.714 bits per heavy atom. The molecule has 0 N–H and O–H groups in total. The molecule has 0 heterocycles. The monoisotopic (exact) mass is 272 g/mol. The lowest BCUT2D eigenvalue weighted by molar-refractivity contribution is 1.37. The van der Waals surface area contributed by atoms with Crippen molar-refractivity contribution in [2.24, 2.45) is 9.98 Å². The van der Waals surface area contributed by atoms with Gasteiger partial charge in [-0.3, -0.25) is 9.98 Å². The smallest absolute Gasteiger partial charge is 0.0629 e. The van der Waals surface area contributed by atoms with E-state index in [1.54, 1.807) is 0 Å². The largest absolute Gasteiger partial charge is 0.257 e. The van der Waals surface area contributed by atoms with Gasteiger partial charge in [0.2, 0.25) is 0 Å². The zero-order chi connectivity index (χ0) is 14.3. The van der Waals surface area contributed by atoms with Gasteiger partial charge in [0.25, 0.3) is 0 Å². The van der Waals surface area contributed by atoms with Crippen LogP contribution >= 0.6 is 0 Å². The van der Waals surface area contributed by atoms with Crippen molar-refractivity contribution in [1.82, 2.24) is 0 Å². The minimum atomic E-state index is 0.909. The van der Waals surface area contributed by atoms with E-state index in [0.717, 1.165) is 23.4 Å². The predicted octanol–water partition coefficient (Wildman–Crippen LogP) is 5.05. The molecular weight excluding hydrogens is 256 g/mol. The van der Waals surface area contributed by atoms with E-state index < -0.39 is 0 Å². The summed E-state index contributed by atoms with van der Waals surface area (Å²) in [4.78, 5) is 8.93. The van der Waals surface area contributed by atoms with Gasteiger partial charge in [0, 0.05) is 12.4 Å². The highest BCUT2D eigenvalue weighted by molar-refractivity contribution is 5.92. The van der Waals surface area contributed by atoms with Gasteiger partial charge < -0.3 is 0 Å². The fourth-order valence-corrected chi connectivity index (χ4v) is 2.08. The predicted molar refractivity (Wildman–Crippen MR) is 90.0 cm³/mol. The molecule has 0 radical (unpaired) electrons. The van der Waals surface area contributed by atoms with Crippen LogP contribution in [0, 0.1) is 0 Å². The Morgan fingerprint density at radius 3 is 1.90 bits per heavy atom. The van der Waals surface area contributed by atoms with Crippen molar-refractivity contribution in [2.45, 2.75) is 6.42 Å². The maximum absolute atomic E-state index is 4.47. The molecule has 0 aromatic heterocycles. The topological polar surface area (TPSA) is 24.7 Å². The summed E-state index contributed by atoms with van der Waals surface area (Å²) >= 11 is 0. The van der Waals surface area contributed by atoms with Crippen molar-refractivity contribution >= 4 is 23.8 Å². The van der Waals surface area contributed by atoms with Gasteiger partial charge in [-0.1, -0.05) is 42.5 Å². The van der Waals surface area contributed by atoms with E-state index in [1.165, 1.54) is 5.57 Å². The molecule has 2 aromatic rings. The van der Waals surface area contributed by atoms with E-state index in [2.05, 4.69) is 22.1 Å². The first-order valence-corrected chi connectivity index (χ1v) is 6.99. The Kier molecular flexibility index (Phi) is 4.18. The minimum Gasteiger partial charge on any atom is -0.257 e. The highest BCUT2D eigenvalue weighted by atomic mass is 14.7. The SMILES string of the molecule is C(=Nc1ccccc1)C1=CCC(C=Nc2ccccc2)=C1. The van der Waals surface area contributed by atoms with Crippen LogP contribution in [0.3, 0.4) is 0 Å². The highest BCUT2D eigenvalue weighted by Gasteiger charge is 2.02. The van der Waals surface area contributed by atoms with Crippen LogP contribution < -0.4 is 0 Å². The fraction of sp³-hybridized carbons (Fsp3) is 0.0526. The number of hydrogen-bond donors (Lipinski definition) is 0. The molecule has 0 saturated carbocycles.